The Morgan fingerprint density at radius 1 is 1.17 bits per heavy atom. The first-order chi connectivity index (χ1) is 11.2. The molecule has 3 aromatic rings. The van der Waals surface area contributed by atoms with Crippen molar-refractivity contribution in [3.8, 4) is 0 Å². The van der Waals surface area contributed by atoms with Crippen LogP contribution in [0.25, 0.3) is 0 Å². The number of thiazole rings is 1. The Balaban J connectivity index is 1.60. The monoisotopic (exact) mass is 324 g/mol. The van der Waals surface area contributed by atoms with E-state index < -0.39 is 0 Å². The van der Waals surface area contributed by atoms with Gasteiger partial charge in [0.2, 0.25) is 5.91 Å². The molecular weight excluding hydrogens is 308 g/mol. The molecular formula is C17H16N4OS. The van der Waals surface area contributed by atoms with Crippen LogP contribution in [0.5, 0.6) is 0 Å². The number of benzene rings is 1. The van der Waals surface area contributed by atoms with E-state index in [-0.39, 0.29) is 12.3 Å². The molecule has 0 saturated carbocycles. The first-order valence-corrected chi connectivity index (χ1v) is 8.06. The highest BCUT2D eigenvalue weighted by molar-refractivity contribution is 7.13. The predicted molar refractivity (Wildman–Crippen MR) is 93.1 cm³/mol. The van der Waals surface area contributed by atoms with Gasteiger partial charge >= 0.3 is 0 Å². The SMILES string of the molecule is Cc1ccccc1NC(=O)Cc1csc(Nc2ccccn2)n1. The van der Waals surface area contributed by atoms with Crippen LogP contribution in [0.2, 0.25) is 0 Å². The number of para-hydroxylation sites is 1. The Bertz CT molecular complexity index is 801. The highest BCUT2D eigenvalue weighted by Crippen LogP contribution is 2.20. The molecule has 0 bridgehead atoms. The number of nitrogens with zero attached hydrogens (tertiary/aromatic N) is 2. The normalized spacial score (nSPS) is 10.3. The molecule has 0 aliphatic heterocycles. The second-order valence-electron chi connectivity index (χ2n) is 5.02. The fourth-order valence-electron chi connectivity index (χ4n) is 2.06. The van der Waals surface area contributed by atoms with Crippen molar-refractivity contribution in [3.63, 3.8) is 0 Å². The Morgan fingerprint density at radius 3 is 2.78 bits per heavy atom. The topological polar surface area (TPSA) is 66.9 Å². The lowest BCUT2D eigenvalue weighted by molar-refractivity contribution is -0.115. The highest BCUT2D eigenvalue weighted by Gasteiger charge is 2.09. The summed E-state index contributed by atoms with van der Waals surface area (Å²) < 4.78 is 0. The summed E-state index contributed by atoms with van der Waals surface area (Å²) in [5.74, 6) is 0.659. The number of hydrogen-bond acceptors (Lipinski definition) is 5. The molecule has 1 aromatic carbocycles. The minimum absolute atomic E-state index is 0.0750. The van der Waals surface area contributed by atoms with Gasteiger partial charge in [0, 0.05) is 17.3 Å². The van der Waals surface area contributed by atoms with Gasteiger partial charge in [-0.25, -0.2) is 9.97 Å². The number of anilines is 3. The molecule has 23 heavy (non-hydrogen) atoms. The van der Waals surface area contributed by atoms with Crippen LogP contribution in [0.4, 0.5) is 16.6 Å². The number of nitrogens with one attached hydrogen (secondary N) is 2. The van der Waals surface area contributed by atoms with Crippen molar-refractivity contribution in [1.29, 1.82) is 0 Å². The summed E-state index contributed by atoms with van der Waals surface area (Å²) in [6.07, 6.45) is 1.96. The number of amides is 1. The summed E-state index contributed by atoms with van der Waals surface area (Å²) in [6.45, 7) is 1.97. The van der Waals surface area contributed by atoms with Gasteiger partial charge in [0.1, 0.15) is 5.82 Å². The molecule has 6 heteroatoms. The third kappa shape index (κ3) is 4.14. The van der Waals surface area contributed by atoms with Crippen LogP contribution >= 0.6 is 11.3 Å². The zero-order valence-corrected chi connectivity index (χ0v) is 13.4. The van der Waals surface area contributed by atoms with E-state index in [1.54, 1.807) is 6.20 Å². The summed E-state index contributed by atoms with van der Waals surface area (Å²) in [5.41, 5.74) is 2.61. The number of aromatic nitrogens is 2. The van der Waals surface area contributed by atoms with E-state index >= 15 is 0 Å². The van der Waals surface area contributed by atoms with Crippen LogP contribution in [-0.2, 0) is 11.2 Å². The minimum atomic E-state index is -0.0750. The van der Waals surface area contributed by atoms with Gasteiger partial charge in [-0.2, -0.15) is 0 Å². The zero-order valence-electron chi connectivity index (χ0n) is 12.6. The maximum atomic E-state index is 12.1. The molecule has 2 aromatic heterocycles. The fraction of sp³-hybridized carbons (Fsp3) is 0.118. The van der Waals surface area contributed by atoms with Crippen molar-refractivity contribution >= 4 is 33.9 Å². The van der Waals surface area contributed by atoms with Gasteiger partial charge in [-0.1, -0.05) is 24.3 Å². The molecule has 0 atom stereocenters. The number of pyridine rings is 1. The van der Waals surface area contributed by atoms with Crippen LogP contribution in [0.15, 0.2) is 54.0 Å². The average molecular weight is 324 g/mol. The quantitative estimate of drug-likeness (QED) is 0.749. The van der Waals surface area contributed by atoms with Gasteiger partial charge in [0.15, 0.2) is 5.13 Å². The molecule has 1 amide bonds. The Morgan fingerprint density at radius 2 is 2.00 bits per heavy atom. The lowest BCUT2D eigenvalue weighted by atomic mass is 10.2. The number of aryl methyl sites for hydroxylation is 1. The van der Waals surface area contributed by atoms with Gasteiger partial charge in [-0.05, 0) is 30.7 Å². The van der Waals surface area contributed by atoms with E-state index in [9.17, 15) is 4.79 Å². The summed E-state index contributed by atoms with van der Waals surface area (Å²) in [6, 6.07) is 13.3. The van der Waals surface area contributed by atoms with Crippen molar-refractivity contribution in [2.45, 2.75) is 13.3 Å². The molecule has 2 heterocycles. The predicted octanol–water partition coefficient (Wildman–Crippen LogP) is 3.77. The Labute approximate surface area is 138 Å². The van der Waals surface area contributed by atoms with Crippen LogP contribution in [0.1, 0.15) is 11.3 Å². The van der Waals surface area contributed by atoms with Gasteiger partial charge in [-0.3, -0.25) is 4.79 Å². The summed E-state index contributed by atoms with van der Waals surface area (Å²) in [5, 5.41) is 8.63. The number of hydrogen-bond donors (Lipinski definition) is 2. The van der Waals surface area contributed by atoms with Crippen molar-refractivity contribution in [3.05, 3.63) is 65.3 Å². The summed E-state index contributed by atoms with van der Waals surface area (Å²) in [4.78, 5) is 20.7. The maximum Gasteiger partial charge on any atom is 0.230 e. The van der Waals surface area contributed by atoms with Crippen molar-refractivity contribution in [2.24, 2.45) is 0 Å². The summed E-state index contributed by atoms with van der Waals surface area (Å²) in [7, 11) is 0. The molecule has 0 radical (unpaired) electrons. The molecule has 116 valence electrons. The van der Waals surface area contributed by atoms with Gasteiger partial charge in [-0.15, -0.1) is 11.3 Å². The van der Waals surface area contributed by atoms with E-state index in [2.05, 4.69) is 20.6 Å². The molecule has 5 nitrogen and oxygen atoms in total. The van der Waals surface area contributed by atoms with Gasteiger partial charge in [0.05, 0.1) is 12.1 Å². The first-order valence-electron chi connectivity index (χ1n) is 7.18. The molecule has 0 spiro atoms. The molecule has 0 aliphatic carbocycles. The molecule has 2 N–H and O–H groups in total. The van der Waals surface area contributed by atoms with Crippen LogP contribution in [0.3, 0.4) is 0 Å². The van der Waals surface area contributed by atoms with E-state index in [1.165, 1.54) is 11.3 Å². The first kappa shape index (κ1) is 15.2. The molecule has 0 saturated heterocycles. The van der Waals surface area contributed by atoms with Crippen LogP contribution in [0, 0.1) is 6.92 Å². The van der Waals surface area contributed by atoms with E-state index in [0.29, 0.717) is 0 Å². The number of carbonyl (C=O) groups excluding carboxylic acids is 1. The van der Waals surface area contributed by atoms with E-state index in [0.717, 1.165) is 27.9 Å². The molecule has 0 fully saturated rings. The lowest BCUT2D eigenvalue weighted by Gasteiger charge is -2.06. The summed E-state index contributed by atoms with van der Waals surface area (Å²) >= 11 is 1.45. The standard InChI is InChI=1S/C17H16N4OS/c1-12-6-2-3-7-14(12)20-16(22)10-13-11-23-17(19-13)21-15-8-4-5-9-18-15/h2-9,11H,10H2,1H3,(H,20,22)(H,18,19,21). The maximum absolute atomic E-state index is 12.1. The Kier molecular flexibility index (Phi) is 4.63. The number of carbonyl (C=O) groups is 1. The third-order valence-corrected chi connectivity index (χ3v) is 4.02. The van der Waals surface area contributed by atoms with E-state index in [1.807, 2.05) is 54.8 Å². The largest absolute Gasteiger partial charge is 0.326 e. The third-order valence-electron chi connectivity index (χ3n) is 3.21. The molecule has 0 unspecified atom stereocenters. The fourth-order valence-corrected chi connectivity index (χ4v) is 2.78. The highest BCUT2D eigenvalue weighted by atomic mass is 32.1. The van der Waals surface area contributed by atoms with Crippen molar-refractivity contribution in [2.75, 3.05) is 10.6 Å². The van der Waals surface area contributed by atoms with Crippen LogP contribution in [-0.4, -0.2) is 15.9 Å². The number of rotatable bonds is 5. The molecule has 3 rings (SSSR count). The smallest absolute Gasteiger partial charge is 0.230 e. The average Bonchev–Trinajstić information content (AvgIpc) is 2.97. The van der Waals surface area contributed by atoms with Crippen molar-refractivity contribution in [1.82, 2.24) is 9.97 Å². The van der Waals surface area contributed by atoms with Gasteiger partial charge in [0.25, 0.3) is 0 Å². The van der Waals surface area contributed by atoms with E-state index in [4.69, 9.17) is 0 Å². The second-order valence-corrected chi connectivity index (χ2v) is 5.88. The zero-order chi connectivity index (χ0) is 16.1. The lowest BCUT2D eigenvalue weighted by Crippen LogP contribution is -2.15. The Hall–Kier alpha value is -2.73. The minimum Gasteiger partial charge on any atom is -0.326 e. The van der Waals surface area contributed by atoms with Gasteiger partial charge < -0.3 is 10.6 Å². The second kappa shape index (κ2) is 7.02. The van der Waals surface area contributed by atoms with Crippen LogP contribution < -0.4 is 10.6 Å². The molecule has 0 aliphatic rings. The van der Waals surface area contributed by atoms with Crippen molar-refractivity contribution < 1.29 is 4.79 Å².